The molecule has 4 rings (SSSR count). The Hall–Kier alpha value is -2.85. The van der Waals surface area contributed by atoms with Crippen LogP contribution in [0.2, 0.25) is 5.02 Å². The van der Waals surface area contributed by atoms with Crippen LogP contribution in [0.1, 0.15) is 17.0 Å². The first-order chi connectivity index (χ1) is 12.5. The Morgan fingerprint density at radius 3 is 2.46 bits per heavy atom. The Bertz CT molecular complexity index is 1100. The Kier molecular flexibility index (Phi) is 4.13. The number of nitrogens with zero attached hydrogens (tertiary/aromatic N) is 3. The highest BCUT2D eigenvalue weighted by atomic mass is 35.5. The monoisotopic (exact) mass is 362 g/mol. The zero-order chi connectivity index (χ0) is 18.3. The van der Waals surface area contributed by atoms with Gasteiger partial charge in [0.2, 0.25) is 0 Å². The fraction of sp³-hybridized carbons (Fsp3) is 0.143. The summed E-state index contributed by atoms with van der Waals surface area (Å²) in [6.07, 6.45) is 0. The van der Waals surface area contributed by atoms with Crippen LogP contribution >= 0.6 is 11.6 Å². The predicted molar refractivity (Wildman–Crippen MR) is 107 cm³/mol. The summed E-state index contributed by atoms with van der Waals surface area (Å²) in [4.78, 5) is 4.74. The van der Waals surface area contributed by atoms with Crippen LogP contribution in [0.3, 0.4) is 0 Å². The highest BCUT2D eigenvalue weighted by molar-refractivity contribution is 6.30. The average Bonchev–Trinajstić information content (AvgIpc) is 2.92. The lowest BCUT2D eigenvalue weighted by atomic mass is 10.1. The number of hydrogen-bond acceptors (Lipinski definition) is 3. The quantitative estimate of drug-likeness (QED) is 0.507. The van der Waals surface area contributed by atoms with E-state index in [1.54, 1.807) is 0 Å². The predicted octanol–water partition coefficient (Wildman–Crippen LogP) is 5.72. The number of nitrogens with one attached hydrogen (secondary N) is 1. The normalized spacial score (nSPS) is 11.1. The summed E-state index contributed by atoms with van der Waals surface area (Å²) in [5, 5.41) is 8.92. The molecule has 0 fully saturated rings. The van der Waals surface area contributed by atoms with Crippen molar-refractivity contribution in [2.24, 2.45) is 0 Å². The SMILES string of the molecule is Cc1cccc(Nc2cc(C)nc3c(-c4ccc(Cl)cc4)c(C)nn23)c1. The van der Waals surface area contributed by atoms with Crippen LogP contribution in [0.25, 0.3) is 16.8 Å². The van der Waals surface area contributed by atoms with Gasteiger partial charge in [0.1, 0.15) is 5.82 Å². The molecule has 0 saturated heterocycles. The Labute approximate surface area is 157 Å². The van der Waals surface area contributed by atoms with Crippen LogP contribution in [0.5, 0.6) is 0 Å². The third-order valence-corrected chi connectivity index (χ3v) is 4.57. The van der Waals surface area contributed by atoms with Crippen molar-refractivity contribution in [3.05, 3.63) is 76.6 Å². The van der Waals surface area contributed by atoms with Crippen molar-refractivity contribution >= 4 is 28.8 Å². The minimum absolute atomic E-state index is 0.716. The molecule has 0 atom stereocenters. The molecule has 1 N–H and O–H groups in total. The molecule has 26 heavy (non-hydrogen) atoms. The molecule has 0 spiro atoms. The first kappa shape index (κ1) is 16.6. The van der Waals surface area contributed by atoms with E-state index in [9.17, 15) is 0 Å². The molecule has 0 unspecified atom stereocenters. The largest absolute Gasteiger partial charge is 0.340 e. The molecule has 0 aliphatic carbocycles. The summed E-state index contributed by atoms with van der Waals surface area (Å²) in [5.41, 5.74) is 7.01. The van der Waals surface area contributed by atoms with Crippen LogP contribution in [0, 0.1) is 20.8 Å². The van der Waals surface area contributed by atoms with Crippen LogP contribution < -0.4 is 5.32 Å². The van der Waals surface area contributed by atoms with E-state index < -0.39 is 0 Å². The third kappa shape index (κ3) is 3.04. The van der Waals surface area contributed by atoms with E-state index in [-0.39, 0.29) is 0 Å². The summed E-state index contributed by atoms with van der Waals surface area (Å²) in [6.45, 7) is 6.08. The lowest BCUT2D eigenvalue weighted by Gasteiger charge is -2.10. The molecule has 2 aromatic carbocycles. The smallest absolute Gasteiger partial charge is 0.165 e. The number of rotatable bonds is 3. The van der Waals surface area contributed by atoms with Gasteiger partial charge in [-0.25, -0.2) is 4.98 Å². The molecule has 5 heteroatoms. The first-order valence-corrected chi connectivity index (χ1v) is 8.86. The summed E-state index contributed by atoms with van der Waals surface area (Å²) in [7, 11) is 0. The molecule has 4 nitrogen and oxygen atoms in total. The van der Waals surface area contributed by atoms with Crippen LogP contribution in [-0.2, 0) is 0 Å². The van der Waals surface area contributed by atoms with Crippen molar-refractivity contribution in [1.29, 1.82) is 0 Å². The van der Waals surface area contributed by atoms with Gasteiger partial charge in [0.25, 0.3) is 0 Å². The summed E-state index contributed by atoms with van der Waals surface area (Å²) in [5.74, 6) is 0.890. The zero-order valence-electron chi connectivity index (χ0n) is 14.9. The number of fused-ring (bicyclic) bond motifs is 1. The van der Waals surface area contributed by atoms with Gasteiger partial charge in [0.05, 0.1) is 5.69 Å². The second-order valence-electron chi connectivity index (χ2n) is 6.48. The maximum Gasteiger partial charge on any atom is 0.165 e. The molecule has 0 radical (unpaired) electrons. The summed E-state index contributed by atoms with van der Waals surface area (Å²) >= 11 is 6.04. The van der Waals surface area contributed by atoms with E-state index in [1.165, 1.54) is 5.56 Å². The number of hydrogen-bond donors (Lipinski definition) is 1. The van der Waals surface area contributed by atoms with Crippen molar-refractivity contribution in [2.75, 3.05) is 5.32 Å². The van der Waals surface area contributed by atoms with Gasteiger partial charge in [0, 0.05) is 28.0 Å². The average molecular weight is 363 g/mol. The molecule has 2 heterocycles. The Balaban J connectivity index is 1.88. The van der Waals surface area contributed by atoms with E-state index in [4.69, 9.17) is 21.7 Å². The lowest BCUT2D eigenvalue weighted by Crippen LogP contribution is -2.02. The van der Waals surface area contributed by atoms with E-state index in [1.807, 2.05) is 60.8 Å². The molecule has 0 bridgehead atoms. The van der Waals surface area contributed by atoms with Gasteiger partial charge in [-0.3, -0.25) is 0 Å². The van der Waals surface area contributed by atoms with Gasteiger partial charge in [0.15, 0.2) is 5.65 Å². The second-order valence-corrected chi connectivity index (χ2v) is 6.92. The molecule has 0 aliphatic heterocycles. The van der Waals surface area contributed by atoms with E-state index in [0.29, 0.717) is 5.02 Å². The molecule has 130 valence electrons. The highest BCUT2D eigenvalue weighted by Crippen LogP contribution is 2.30. The van der Waals surface area contributed by atoms with Crippen molar-refractivity contribution in [3.63, 3.8) is 0 Å². The molecule has 0 saturated carbocycles. The second kappa shape index (κ2) is 6.46. The molecular weight excluding hydrogens is 344 g/mol. The number of aromatic nitrogens is 3. The first-order valence-electron chi connectivity index (χ1n) is 8.48. The molecule has 0 aliphatic rings. The van der Waals surface area contributed by atoms with E-state index in [2.05, 4.69) is 24.4 Å². The Morgan fingerprint density at radius 1 is 0.962 bits per heavy atom. The van der Waals surface area contributed by atoms with Crippen LogP contribution in [0.15, 0.2) is 54.6 Å². The van der Waals surface area contributed by atoms with Crippen molar-refractivity contribution in [3.8, 4) is 11.1 Å². The number of anilines is 2. The van der Waals surface area contributed by atoms with Gasteiger partial charge >= 0.3 is 0 Å². The molecule has 2 aromatic heterocycles. The Morgan fingerprint density at radius 2 is 1.73 bits per heavy atom. The fourth-order valence-electron chi connectivity index (χ4n) is 3.16. The van der Waals surface area contributed by atoms with Crippen molar-refractivity contribution in [1.82, 2.24) is 14.6 Å². The van der Waals surface area contributed by atoms with Gasteiger partial charge < -0.3 is 5.32 Å². The van der Waals surface area contributed by atoms with Crippen molar-refractivity contribution in [2.45, 2.75) is 20.8 Å². The fourth-order valence-corrected chi connectivity index (χ4v) is 3.28. The number of aryl methyl sites for hydroxylation is 3. The minimum Gasteiger partial charge on any atom is -0.340 e. The summed E-state index contributed by atoms with van der Waals surface area (Å²) < 4.78 is 1.87. The molecule has 4 aromatic rings. The molecule has 0 amide bonds. The maximum atomic E-state index is 6.04. The van der Waals surface area contributed by atoms with Gasteiger partial charge in [-0.1, -0.05) is 35.9 Å². The number of halogens is 1. The summed E-state index contributed by atoms with van der Waals surface area (Å²) in [6, 6.07) is 18.1. The lowest BCUT2D eigenvalue weighted by molar-refractivity contribution is 0.917. The number of benzene rings is 2. The van der Waals surface area contributed by atoms with E-state index >= 15 is 0 Å². The topological polar surface area (TPSA) is 42.2 Å². The van der Waals surface area contributed by atoms with Gasteiger partial charge in [-0.2, -0.15) is 9.61 Å². The van der Waals surface area contributed by atoms with Crippen LogP contribution in [0.4, 0.5) is 11.5 Å². The zero-order valence-corrected chi connectivity index (χ0v) is 15.7. The highest BCUT2D eigenvalue weighted by Gasteiger charge is 2.16. The van der Waals surface area contributed by atoms with Crippen molar-refractivity contribution < 1.29 is 0 Å². The third-order valence-electron chi connectivity index (χ3n) is 4.32. The molecular formula is C21H19ClN4. The maximum absolute atomic E-state index is 6.04. The van der Waals surface area contributed by atoms with E-state index in [0.717, 1.165) is 39.7 Å². The van der Waals surface area contributed by atoms with Gasteiger partial charge in [-0.15, -0.1) is 0 Å². The standard InChI is InChI=1S/C21H19ClN4/c1-13-5-4-6-18(11-13)24-19-12-14(2)23-21-20(15(3)25-26(19)21)16-7-9-17(22)10-8-16/h4-12,24H,1-3H3. The van der Waals surface area contributed by atoms with Crippen LogP contribution in [-0.4, -0.2) is 14.6 Å². The minimum atomic E-state index is 0.716. The van der Waals surface area contributed by atoms with Gasteiger partial charge in [-0.05, 0) is 56.2 Å².